The van der Waals surface area contributed by atoms with Crippen LogP contribution in [0.1, 0.15) is 12.5 Å². The fourth-order valence-electron chi connectivity index (χ4n) is 1.25. The van der Waals surface area contributed by atoms with Gasteiger partial charge in [-0.2, -0.15) is 0 Å². The number of benzene rings is 1. The highest BCUT2D eigenvalue weighted by Crippen LogP contribution is 2.21. The molecule has 0 aliphatic rings. The molecular weight excluding hydrogens is 260 g/mol. The van der Waals surface area contributed by atoms with Crippen molar-refractivity contribution in [3.05, 3.63) is 29.8 Å². The topological polar surface area (TPSA) is 46.5 Å². The van der Waals surface area contributed by atoms with Gasteiger partial charge in [-0.25, -0.2) is 0 Å². The van der Waals surface area contributed by atoms with Gasteiger partial charge in [0.2, 0.25) is 0 Å². The van der Waals surface area contributed by atoms with E-state index < -0.39 is 10.8 Å². The van der Waals surface area contributed by atoms with Crippen molar-refractivity contribution in [2.75, 3.05) is 6.61 Å². The van der Waals surface area contributed by atoms with Crippen LogP contribution in [0.15, 0.2) is 24.3 Å². The lowest BCUT2D eigenvalue weighted by atomic mass is 10.1. The van der Waals surface area contributed by atoms with Gasteiger partial charge in [-0.15, -0.1) is 0 Å². The number of hydrogen-bond acceptors (Lipinski definition) is 2. The Kier molecular flexibility index (Phi) is 4.62. The molecule has 0 aromatic heterocycles. The number of halogens is 1. The van der Waals surface area contributed by atoms with E-state index in [2.05, 4.69) is 15.9 Å². The van der Waals surface area contributed by atoms with Crippen molar-refractivity contribution >= 4 is 21.9 Å². The molecule has 15 heavy (non-hydrogen) atoms. The zero-order valence-electron chi connectivity index (χ0n) is 8.44. The second-order valence-electron chi connectivity index (χ2n) is 3.05. The summed E-state index contributed by atoms with van der Waals surface area (Å²) in [7, 11) is 0. The first-order chi connectivity index (χ1) is 7.15. The van der Waals surface area contributed by atoms with E-state index in [0.29, 0.717) is 13.0 Å². The summed E-state index contributed by atoms with van der Waals surface area (Å²) in [5.74, 6) is -0.105. The van der Waals surface area contributed by atoms with Gasteiger partial charge in [0.15, 0.2) is 0 Å². The Bertz CT molecular complexity index is 338. The largest absolute Gasteiger partial charge is 0.494 e. The highest BCUT2D eigenvalue weighted by atomic mass is 79.9. The normalized spacial score (nSPS) is 12.1. The maximum absolute atomic E-state index is 10.7. The lowest BCUT2D eigenvalue weighted by Gasteiger charge is -2.10. The second kappa shape index (κ2) is 5.75. The number of aliphatic carboxylic acids is 1. The fourth-order valence-corrected chi connectivity index (χ4v) is 1.60. The van der Waals surface area contributed by atoms with E-state index >= 15 is 0 Å². The summed E-state index contributed by atoms with van der Waals surface area (Å²) in [6.45, 7) is 2.48. The number of rotatable bonds is 5. The Morgan fingerprint density at radius 1 is 1.53 bits per heavy atom. The zero-order valence-corrected chi connectivity index (χ0v) is 10.0. The number of para-hydroxylation sites is 1. The maximum Gasteiger partial charge on any atom is 0.317 e. The van der Waals surface area contributed by atoms with Gasteiger partial charge in [0.1, 0.15) is 10.6 Å². The summed E-state index contributed by atoms with van der Waals surface area (Å²) in [6, 6.07) is 7.47. The van der Waals surface area contributed by atoms with Crippen LogP contribution in [0.3, 0.4) is 0 Å². The number of hydrogen-bond donors (Lipinski definition) is 1. The van der Waals surface area contributed by atoms with Crippen LogP contribution < -0.4 is 4.74 Å². The van der Waals surface area contributed by atoms with Crippen molar-refractivity contribution in [1.29, 1.82) is 0 Å². The molecule has 0 radical (unpaired) electrons. The number of carbonyl (C=O) groups is 1. The molecule has 0 fully saturated rings. The van der Waals surface area contributed by atoms with Crippen LogP contribution >= 0.6 is 15.9 Å². The Morgan fingerprint density at radius 2 is 2.20 bits per heavy atom. The van der Waals surface area contributed by atoms with Crippen molar-refractivity contribution < 1.29 is 14.6 Å². The van der Waals surface area contributed by atoms with Gasteiger partial charge in [-0.05, 0) is 25.0 Å². The molecule has 4 heteroatoms. The monoisotopic (exact) mass is 272 g/mol. The van der Waals surface area contributed by atoms with Gasteiger partial charge >= 0.3 is 5.97 Å². The first-order valence-corrected chi connectivity index (χ1v) is 5.64. The Morgan fingerprint density at radius 3 is 2.80 bits per heavy atom. The van der Waals surface area contributed by atoms with Gasteiger partial charge in [-0.1, -0.05) is 34.1 Å². The number of alkyl halides is 1. The van der Waals surface area contributed by atoms with Gasteiger partial charge < -0.3 is 9.84 Å². The lowest BCUT2D eigenvalue weighted by Crippen LogP contribution is -2.15. The van der Waals surface area contributed by atoms with E-state index in [9.17, 15) is 4.79 Å². The molecule has 1 aromatic carbocycles. The van der Waals surface area contributed by atoms with Crippen molar-refractivity contribution in [2.24, 2.45) is 0 Å². The molecule has 0 saturated heterocycles. The molecule has 1 aromatic rings. The molecule has 3 nitrogen and oxygen atoms in total. The Labute approximate surface area is 97.2 Å². The average molecular weight is 273 g/mol. The molecule has 1 rings (SSSR count). The van der Waals surface area contributed by atoms with Crippen LogP contribution in [0.5, 0.6) is 5.75 Å². The minimum absolute atomic E-state index is 0.422. The highest BCUT2D eigenvalue weighted by molar-refractivity contribution is 9.10. The van der Waals surface area contributed by atoms with Crippen LogP contribution in [-0.2, 0) is 11.2 Å². The molecule has 1 N–H and O–H groups in total. The van der Waals surface area contributed by atoms with Crippen LogP contribution in [0.4, 0.5) is 0 Å². The molecule has 0 heterocycles. The van der Waals surface area contributed by atoms with Crippen LogP contribution in [-0.4, -0.2) is 22.5 Å². The third kappa shape index (κ3) is 3.55. The molecule has 0 bridgehead atoms. The first kappa shape index (κ1) is 12.0. The summed E-state index contributed by atoms with van der Waals surface area (Å²) >= 11 is 3.11. The second-order valence-corrected chi connectivity index (χ2v) is 4.16. The third-order valence-corrected chi connectivity index (χ3v) is 2.65. The number of ether oxygens (including phenoxy) is 1. The van der Waals surface area contributed by atoms with E-state index in [1.165, 1.54) is 0 Å². The van der Waals surface area contributed by atoms with Crippen molar-refractivity contribution in [3.8, 4) is 5.75 Å². The van der Waals surface area contributed by atoms with Crippen LogP contribution in [0.25, 0.3) is 0 Å². The SMILES string of the molecule is CCOc1ccccc1CC(Br)C(=O)O. The van der Waals surface area contributed by atoms with E-state index in [1.54, 1.807) is 0 Å². The van der Waals surface area contributed by atoms with E-state index in [-0.39, 0.29) is 0 Å². The number of carboxylic acids is 1. The summed E-state index contributed by atoms with van der Waals surface area (Å²) in [5.41, 5.74) is 0.906. The van der Waals surface area contributed by atoms with Crippen molar-refractivity contribution in [3.63, 3.8) is 0 Å². The molecule has 82 valence electrons. The smallest absolute Gasteiger partial charge is 0.317 e. The summed E-state index contributed by atoms with van der Waals surface area (Å²) in [6.07, 6.45) is 0.422. The molecule has 1 atom stereocenters. The predicted molar refractivity (Wildman–Crippen MR) is 61.7 cm³/mol. The molecule has 0 saturated carbocycles. The predicted octanol–water partition coefficient (Wildman–Crippen LogP) is 2.48. The summed E-state index contributed by atoms with van der Waals surface area (Å²) < 4.78 is 5.40. The molecule has 0 aliphatic carbocycles. The summed E-state index contributed by atoms with van der Waals surface area (Å²) in [4.78, 5) is 10.1. The first-order valence-electron chi connectivity index (χ1n) is 4.72. The van der Waals surface area contributed by atoms with E-state index in [1.807, 2.05) is 31.2 Å². The molecule has 0 spiro atoms. The Balaban J connectivity index is 2.79. The fraction of sp³-hybridized carbons (Fsp3) is 0.364. The molecular formula is C11H13BrO3. The summed E-state index contributed by atoms with van der Waals surface area (Å²) in [5, 5.41) is 8.78. The Hall–Kier alpha value is -1.03. The highest BCUT2D eigenvalue weighted by Gasteiger charge is 2.15. The molecule has 0 aliphatic heterocycles. The standard InChI is InChI=1S/C11H13BrO3/c1-2-15-10-6-4-3-5-8(10)7-9(12)11(13)14/h3-6,9H,2,7H2,1H3,(H,13,14). The molecule has 1 unspecified atom stereocenters. The zero-order chi connectivity index (χ0) is 11.3. The van der Waals surface area contributed by atoms with E-state index in [4.69, 9.17) is 9.84 Å². The van der Waals surface area contributed by atoms with Crippen LogP contribution in [0.2, 0.25) is 0 Å². The lowest BCUT2D eigenvalue weighted by molar-refractivity contribution is -0.136. The van der Waals surface area contributed by atoms with Gasteiger partial charge in [0.25, 0.3) is 0 Å². The minimum atomic E-state index is -0.860. The van der Waals surface area contributed by atoms with E-state index in [0.717, 1.165) is 11.3 Å². The van der Waals surface area contributed by atoms with Gasteiger partial charge in [0, 0.05) is 0 Å². The molecule has 0 amide bonds. The van der Waals surface area contributed by atoms with Gasteiger partial charge in [0.05, 0.1) is 6.61 Å². The van der Waals surface area contributed by atoms with Crippen molar-refractivity contribution in [1.82, 2.24) is 0 Å². The maximum atomic E-state index is 10.7. The third-order valence-electron chi connectivity index (χ3n) is 1.94. The van der Waals surface area contributed by atoms with Gasteiger partial charge in [-0.3, -0.25) is 4.79 Å². The van der Waals surface area contributed by atoms with Crippen molar-refractivity contribution in [2.45, 2.75) is 18.2 Å². The minimum Gasteiger partial charge on any atom is -0.494 e. The average Bonchev–Trinajstić information content (AvgIpc) is 2.21. The number of carboxylic acid groups (broad SMARTS) is 1. The quantitative estimate of drug-likeness (QED) is 0.838. The van der Waals surface area contributed by atoms with Crippen LogP contribution in [0, 0.1) is 0 Å².